The minimum Gasteiger partial charge on any atom is -0.345 e. The molecule has 1 amide bonds. The van der Waals surface area contributed by atoms with Crippen molar-refractivity contribution in [1.82, 2.24) is 9.88 Å². The molecule has 0 radical (unpaired) electrons. The summed E-state index contributed by atoms with van der Waals surface area (Å²) in [6.07, 6.45) is -4.22. The molecule has 0 saturated carbocycles. The summed E-state index contributed by atoms with van der Waals surface area (Å²) in [6, 6.07) is 5.46. The molecule has 2 aromatic rings. The number of amides is 1. The lowest BCUT2D eigenvalue weighted by atomic mass is 9.93. The molecule has 29 heavy (non-hydrogen) atoms. The Morgan fingerprint density at radius 2 is 1.76 bits per heavy atom. The molecule has 0 atom stereocenters. The number of aryl methyl sites for hydroxylation is 1. The predicted octanol–water partition coefficient (Wildman–Crippen LogP) is 4.74. The molecule has 8 heteroatoms. The molecular weight excluding hydrogens is 399 g/mol. The van der Waals surface area contributed by atoms with Crippen LogP contribution in [0.2, 0.25) is 0 Å². The highest BCUT2D eigenvalue weighted by molar-refractivity contribution is 7.13. The second kappa shape index (κ2) is 8.34. The van der Waals surface area contributed by atoms with Gasteiger partial charge < -0.3 is 9.80 Å². The van der Waals surface area contributed by atoms with Gasteiger partial charge in [-0.15, -0.1) is 11.3 Å². The van der Waals surface area contributed by atoms with Crippen molar-refractivity contribution < 1.29 is 18.0 Å². The lowest BCUT2D eigenvalue weighted by Crippen LogP contribution is -2.48. The number of hydrogen-bond donors (Lipinski definition) is 0. The molecule has 0 unspecified atom stereocenters. The van der Waals surface area contributed by atoms with Gasteiger partial charge in [0, 0.05) is 43.4 Å². The lowest BCUT2D eigenvalue weighted by molar-refractivity contribution is -0.138. The molecule has 1 aliphatic heterocycles. The normalized spacial score (nSPS) is 15.7. The SMILES string of the molecule is CC(C)(C)c1csc(N2CCN(C(=O)CCc3ccccc3C(F)(F)F)CC2)n1. The molecule has 1 fully saturated rings. The van der Waals surface area contributed by atoms with Crippen LogP contribution in [0.5, 0.6) is 0 Å². The first-order valence-electron chi connectivity index (χ1n) is 9.69. The largest absolute Gasteiger partial charge is 0.416 e. The number of halogens is 3. The summed E-state index contributed by atoms with van der Waals surface area (Å²) in [7, 11) is 0. The van der Waals surface area contributed by atoms with E-state index in [0.29, 0.717) is 26.2 Å². The summed E-state index contributed by atoms with van der Waals surface area (Å²) in [5, 5.41) is 3.03. The van der Waals surface area contributed by atoms with Crippen LogP contribution in [-0.2, 0) is 22.8 Å². The average Bonchev–Trinajstić information content (AvgIpc) is 3.16. The highest BCUT2D eigenvalue weighted by atomic mass is 32.1. The Morgan fingerprint density at radius 1 is 1.10 bits per heavy atom. The highest BCUT2D eigenvalue weighted by Crippen LogP contribution is 2.32. The van der Waals surface area contributed by atoms with Crippen molar-refractivity contribution >= 4 is 22.4 Å². The number of alkyl halides is 3. The van der Waals surface area contributed by atoms with Crippen LogP contribution < -0.4 is 4.90 Å². The van der Waals surface area contributed by atoms with Gasteiger partial charge in [-0.05, 0) is 18.1 Å². The Hall–Kier alpha value is -2.09. The van der Waals surface area contributed by atoms with Gasteiger partial charge in [-0.25, -0.2) is 4.98 Å². The number of aromatic nitrogens is 1. The number of piperazine rings is 1. The zero-order chi connectivity index (χ0) is 21.2. The van der Waals surface area contributed by atoms with Crippen molar-refractivity contribution in [2.24, 2.45) is 0 Å². The number of carbonyl (C=O) groups is 1. The van der Waals surface area contributed by atoms with Crippen LogP contribution in [0.1, 0.15) is 44.0 Å². The maximum Gasteiger partial charge on any atom is 0.416 e. The Bertz CT molecular complexity index is 849. The highest BCUT2D eigenvalue weighted by Gasteiger charge is 2.33. The first-order valence-corrected chi connectivity index (χ1v) is 10.6. The van der Waals surface area contributed by atoms with E-state index in [1.807, 2.05) is 0 Å². The molecular formula is C21H26F3N3OS. The maximum atomic E-state index is 13.1. The summed E-state index contributed by atoms with van der Waals surface area (Å²) >= 11 is 1.61. The number of carbonyl (C=O) groups excluding carboxylic acids is 1. The molecule has 0 bridgehead atoms. The number of benzene rings is 1. The van der Waals surface area contributed by atoms with Crippen LogP contribution in [0.4, 0.5) is 18.3 Å². The van der Waals surface area contributed by atoms with Crippen molar-refractivity contribution in [3.8, 4) is 0 Å². The van der Waals surface area contributed by atoms with E-state index < -0.39 is 11.7 Å². The van der Waals surface area contributed by atoms with E-state index in [4.69, 9.17) is 4.98 Å². The average molecular weight is 426 g/mol. The third kappa shape index (κ3) is 5.29. The smallest absolute Gasteiger partial charge is 0.345 e. The second-order valence-electron chi connectivity index (χ2n) is 8.29. The zero-order valence-electron chi connectivity index (χ0n) is 16.9. The molecule has 4 nitrogen and oxygen atoms in total. The fourth-order valence-electron chi connectivity index (χ4n) is 3.32. The van der Waals surface area contributed by atoms with Gasteiger partial charge in [0.1, 0.15) is 0 Å². The fraction of sp³-hybridized carbons (Fsp3) is 0.524. The monoisotopic (exact) mass is 425 g/mol. The summed E-state index contributed by atoms with van der Waals surface area (Å²) in [5.74, 6) is -0.101. The molecule has 0 spiro atoms. The maximum absolute atomic E-state index is 13.1. The number of rotatable bonds is 4. The van der Waals surface area contributed by atoms with Gasteiger partial charge in [0.15, 0.2) is 5.13 Å². The van der Waals surface area contributed by atoms with Gasteiger partial charge in [0.25, 0.3) is 0 Å². The molecule has 1 aliphatic rings. The fourth-order valence-corrected chi connectivity index (χ4v) is 4.42. The topological polar surface area (TPSA) is 36.4 Å². The Balaban J connectivity index is 1.54. The van der Waals surface area contributed by atoms with Crippen molar-refractivity contribution in [3.63, 3.8) is 0 Å². The van der Waals surface area contributed by atoms with Crippen molar-refractivity contribution in [2.75, 3.05) is 31.1 Å². The summed E-state index contributed by atoms with van der Waals surface area (Å²) in [5.41, 5.74) is 0.569. The number of nitrogens with zero attached hydrogens (tertiary/aromatic N) is 3. The van der Waals surface area contributed by atoms with Crippen LogP contribution in [0.25, 0.3) is 0 Å². The minimum atomic E-state index is -4.40. The third-order valence-corrected chi connectivity index (χ3v) is 6.00. The van der Waals surface area contributed by atoms with E-state index in [2.05, 4.69) is 31.1 Å². The van der Waals surface area contributed by atoms with Crippen molar-refractivity contribution in [1.29, 1.82) is 0 Å². The van der Waals surface area contributed by atoms with Gasteiger partial charge in [-0.1, -0.05) is 39.0 Å². The van der Waals surface area contributed by atoms with E-state index in [9.17, 15) is 18.0 Å². The lowest BCUT2D eigenvalue weighted by Gasteiger charge is -2.34. The van der Waals surface area contributed by atoms with E-state index in [1.54, 1.807) is 22.3 Å². The van der Waals surface area contributed by atoms with Gasteiger partial charge in [-0.3, -0.25) is 4.79 Å². The van der Waals surface area contributed by atoms with Gasteiger partial charge in [0.2, 0.25) is 5.91 Å². The molecule has 0 N–H and O–H groups in total. The van der Waals surface area contributed by atoms with Gasteiger partial charge in [0.05, 0.1) is 11.3 Å². The zero-order valence-corrected chi connectivity index (χ0v) is 17.7. The number of anilines is 1. The summed E-state index contributed by atoms with van der Waals surface area (Å²) in [6.45, 7) is 8.86. The molecule has 1 saturated heterocycles. The quantitative estimate of drug-likeness (QED) is 0.710. The van der Waals surface area contributed by atoms with Crippen LogP contribution in [0.15, 0.2) is 29.6 Å². The number of hydrogen-bond acceptors (Lipinski definition) is 4. The van der Waals surface area contributed by atoms with Crippen LogP contribution in [-0.4, -0.2) is 42.0 Å². The predicted molar refractivity (Wildman–Crippen MR) is 109 cm³/mol. The Morgan fingerprint density at radius 3 is 2.34 bits per heavy atom. The standard InChI is InChI=1S/C21H26F3N3OS/c1-20(2,3)17-14-29-19(25-17)27-12-10-26(11-13-27)18(28)9-8-15-6-4-5-7-16(15)21(22,23)24/h4-7,14H,8-13H2,1-3H3. The number of thiazole rings is 1. The van der Waals surface area contributed by atoms with Crippen LogP contribution >= 0.6 is 11.3 Å². The van der Waals surface area contributed by atoms with E-state index in [-0.39, 0.29) is 29.7 Å². The minimum absolute atomic E-state index is 0.000750. The Kier molecular flexibility index (Phi) is 6.22. The first-order chi connectivity index (χ1) is 13.6. The summed E-state index contributed by atoms with van der Waals surface area (Å²) in [4.78, 5) is 21.2. The van der Waals surface area contributed by atoms with E-state index >= 15 is 0 Å². The van der Waals surface area contributed by atoms with Crippen molar-refractivity contribution in [2.45, 2.75) is 45.2 Å². The molecule has 0 aliphatic carbocycles. The second-order valence-corrected chi connectivity index (χ2v) is 9.12. The Labute approximate surface area is 173 Å². The van der Waals surface area contributed by atoms with Crippen LogP contribution in [0.3, 0.4) is 0 Å². The molecule has 1 aromatic carbocycles. The van der Waals surface area contributed by atoms with Crippen LogP contribution in [0, 0.1) is 0 Å². The van der Waals surface area contributed by atoms with E-state index in [0.717, 1.165) is 16.9 Å². The van der Waals surface area contributed by atoms with Gasteiger partial charge >= 0.3 is 6.18 Å². The third-order valence-electron chi connectivity index (χ3n) is 5.09. The van der Waals surface area contributed by atoms with Crippen molar-refractivity contribution in [3.05, 3.63) is 46.5 Å². The first kappa shape index (κ1) is 21.6. The molecule has 158 valence electrons. The van der Waals surface area contributed by atoms with E-state index in [1.165, 1.54) is 12.1 Å². The van der Waals surface area contributed by atoms with Gasteiger partial charge in [-0.2, -0.15) is 13.2 Å². The molecule has 1 aromatic heterocycles. The summed E-state index contributed by atoms with van der Waals surface area (Å²) < 4.78 is 39.3. The molecule has 2 heterocycles. The molecule has 3 rings (SSSR count).